The van der Waals surface area contributed by atoms with E-state index in [-0.39, 0.29) is 0 Å². The van der Waals surface area contributed by atoms with Crippen LogP contribution in [0.1, 0.15) is 12.5 Å². The highest BCUT2D eigenvalue weighted by molar-refractivity contribution is 8.15. The molecule has 1 aliphatic heterocycles. The lowest BCUT2D eigenvalue weighted by atomic mass is 10.2. The van der Waals surface area contributed by atoms with Gasteiger partial charge in [-0.05, 0) is 12.1 Å². The molecule has 0 amide bonds. The Kier molecular flexibility index (Phi) is 2.25. The largest absolute Gasteiger partial charge is 0.277 e. The number of hydrogen-bond donors (Lipinski definition) is 0. The Morgan fingerprint density at radius 1 is 1.40 bits per heavy atom. The van der Waals surface area contributed by atoms with E-state index in [4.69, 9.17) is 0 Å². The summed E-state index contributed by atoms with van der Waals surface area (Å²) in [5.41, 5.74) is 4.21. The van der Waals surface area contributed by atoms with Crippen LogP contribution in [-0.2, 0) is 0 Å². The molecule has 0 spiro atoms. The van der Waals surface area contributed by atoms with Crippen molar-refractivity contribution in [2.45, 2.75) is 12.2 Å². The van der Waals surface area contributed by atoms with Crippen LogP contribution >= 0.6 is 23.1 Å². The van der Waals surface area contributed by atoms with Gasteiger partial charge in [0.05, 0.1) is 27.3 Å². The van der Waals surface area contributed by atoms with Crippen LogP contribution in [0, 0.1) is 0 Å². The summed E-state index contributed by atoms with van der Waals surface area (Å²) in [5.74, 6) is 0. The highest BCUT2D eigenvalue weighted by atomic mass is 32.2. The quantitative estimate of drug-likeness (QED) is 0.757. The maximum atomic E-state index is 4.54. The number of thiazole rings is 1. The van der Waals surface area contributed by atoms with Gasteiger partial charge in [-0.3, -0.25) is 4.99 Å². The monoisotopic (exact) mass is 234 g/mol. The van der Waals surface area contributed by atoms with Gasteiger partial charge >= 0.3 is 0 Å². The number of rotatable bonds is 1. The molecule has 2 heterocycles. The number of aromatic nitrogens is 1. The van der Waals surface area contributed by atoms with Gasteiger partial charge < -0.3 is 0 Å². The minimum atomic E-state index is 0.622. The molecule has 0 radical (unpaired) electrons. The van der Waals surface area contributed by atoms with Crippen LogP contribution in [0.5, 0.6) is 0 Å². The van der Waals surface area contributed by atoms with Gasteiger partial charge in [0.2, 0.25) is 0 Å². The average molecular weight is 234 g/mol. The number of benzene rings is 1. The normalized spacial score (nSPS) is 20.9. The van der Waals surface area contributed by atoms with Gasteiger partial charge in [0.25, 0.3) is 0 Å². The Balaban J connectivity index is 2.04. The molecular weight excluding hydrogens is 224 g/mol. The van der Waals surface area contributed by atoms with Crippen LogP contribution in [0.4, 0.5) is 0 Å². The van der Waals surface area contributed by atoms with Gasteiger partial charge in [-0.25, -0.2) is 4.98 Å². The van der Waals surface area contributed by atoms with E-state index in [1.54, 1.807) is 11.3 Å². The molecule has 76 valence electrons. The molecule has 1 aromatic heterocycles. The molecule has 1 aromatic carbocycles. The number of thioether (sulfide) groups is 1. The van der Waals surface area contributed by atoms with E-state index in [1.807, 2.05) is 17.3 Å². The predicted molar refractivity (Wildman–Crippen MR) is 68.1 cm³/mol. The second-order valence-electron chi connectivity index (χ2n) is 3.61. The Morgan fingerprint density at radius 2 is 2.33 bits per heavy atom. The highest BCUT2D eigenvalue weighted by Gasteiger charge is 2.16. The van der Waals surface area contributed by atoms with Crippen molar-refractivity contribution in [2.24, 2.45) is 4.99 Å². The summed E-state index contributed by atoms with van der Waals surface area (Å²) in [4.78, 5) is 8.82. The van der Waals surface area contributed by atoms with Crippen molar-refractivity contribution in [2.75, 3.05) is 6.54 Å². The molecule has 4 heteroatoms. The third-order valence-corrected chi connectivity index (χ3v) is 4.31. The minimum Gasteiger partial charge on any atom is -0.277 e. The molecule has 1 aliphatic rings. The molecule has 0 N–H and O–H groups in total. The fourth-order valence-corrected chi connectivity index (χ4v) is 3.28. The Hall–Kier alpha value is -0.870. The van der Waals surface area contributed by atoms with Crippen LogP contribution in [0.25, 0.3) is 10.2 Å². The molecule has 15 heavy (non-hydrogen) atoms. The fourth-order valence-electron chi connectivity index (χ4n) is 1.62. The predicted octanol–water partition coefficient (Wildman–Crippen LogP) is 3.18. The summed E-state index contributed by atoms with van der Waals surface area (Å²) >= 11 is 3.55. The molecule has 0 aliphatic carbocycles. The minimum absolute atomic E-state index is 0.622. The molecule has 0 fully saturated rings. The zero-order valence-corrected chi connectivity index (χ0v) is 9.94. The lowest BCUT2D eigenvalue weighted by Gasteiger charge is -2.01. The van der Waals surface area contributed by atoms with Crippen LogP contribution in [0.15, 0.2) is 28.7 Å². The van der Waals surface area contributed by atoms with Crippen LogP contribution in [0.2, 0.25) is 0 Å². The van der Waals surface area contributed by atoms with E-state index in [0.29, 0.717) is 5.25 Å². The van der Waals surface area contributed by atoms with Crippen molar-refractivity contribution in [3.8, 4) is 0 Å². The Labute approximate surface area is 96.4 Å². The first-order valence-corrected chi connectivity index (χ1v) is 6.63. The van der Waals surface area contributed by atoms with E-state index in [2.05, 4.69) is 35.1 Å². The van der Waals surface area contributed by atoms with Gasteiger partial charge in [-0.1, -0.05) is 13.0 Å². The van der Waals surface area contributed by atoms with Crippen LogP contribution in [0.3, 0.4) is 0 Å². The van der Waals surface area contributed by atoms with E-state index in [0.717, 1.165) is 12.1 Å². The maximum absolute atomic E-state index is 4.54. The van der Waals surface area contributed by atoms with Crippen molar-refractivity contribution in [3.63, 3.8) is 0 Å². The lowest BCUT2D eigenvalue weighted by molar-refractivity contribution is 0.976. The first kappa shape index (κ1) is 9.36. The van der Waals surface area contributed by atoms with Crippen molar-refractivity contribution in [3.05, 3.63) is 29.3 Å². The second kappa shape index (κ2) is 3.61. The molecule has 0 bridgehead atoms. The van der Waals surface area contributed by atoms with E-state index < -0.39 is 0 Å². The summed E-state index contributed by atoms with van der Waals surface area (Å²) < 4.78 is 1.25. The van der Waals surface area contributed by atoms with Crippen LogP contribution < -0.4 is 0 Å². The number of hydrogen-bond acceptors (Lipinski definition) is 4. The molecule has 1 unspecified atom stereocenters. The van der Waals surface area contributed by atoms with E-state index in [9.17, 15) is 0 Å². The zero-order valence-electron chi connectivity index (χ0n) is 8.30. The van der Waals surface area contributed by atoms with Crippen molar-refractivity contribution < 1.29 is 0 Å². The average Bonchev–Trinajstić information content (AvgIpc) is 2.84. The lowest BCUT2D eigenvalue weighted by Crippen LogP contribution is -1.95. The van der Waals surface area contributed by atoms with Gasteiger partial charge in [0.15, 0.2) is 0 Å². The van der Waals surface area contributed by atoms with Gasteiger partial charge in [0.1, 0.15) is 0 Å². The molecular formula is C11H10N2S2. The summed E-state index contributed by atoms with van der Waals surface area (Å²) in [5, 5.41) is 1.80. The number of aliphatic imine (C=N–C) groups is 1. The van der Waals surface area contributed by atoms with Crippen molar-refractivity contribution in [1.82, 2.24) is 4.98 Å². The third-order valence-electron chi connectivity index (χ3n) is 2.38. The van der Waals surface area contributed by atoms with E-state index in [1.165, 1.54) is 15.3 Å². The maximum Gasteiger partial charge on any atom is 0.0981 e. The Morgan fingerprint density at radius 3 is 3.13 bits per heavy atom. The SMILES string of the molecule is CC1CN=C(c2ccc3ncsc3c2)S1. The topological polar surface area (TPSA) is 25.2 Å². The third kappa shape index (κ3) is 1.68. The molecule has 3 rings (SSSR count). The first-order chi connectivity index (χ1) is 7.33. The highest BCUT2D eigenvalue weighted by Crippen LogP contribution is 2.27. The van der Waals surface area contributed by atoms with Crippen LogP contribution in [-0.4, -0.2) is 21.8 Å². The number of nitrogens with zero attached hydrogens (tertiary/aromatic N) is 2. The van der Waals surface area contributed by atoms with Gasteiger partial charge in [-0.15, -0.1) is 23.1 Å². The summed E-state index contributed by atoms with van der Waals surface area (Å²) in [6.45, 7) is 3.16. The first-order valence-electron chi connectivity index (χ1n) is 4.87. The molecule has 2 nitrogen and oxygen atoms in total. The summed E-state index contributed by atoms with van der Waals surface area (Å²) in [7, 11) is 0. The molecule has 0 saturated carbocycles. The number of fused-ring (bicyclic) bond motifs is 1. The summed E-state index contributed by atoms with van der Waals surface area (Å²) in [6.07, 6.45) is 0. The van der Waals surface area contributed by atoms with Gasteiger partial charge in [0, 0.05) is 10.8 Å². The fraction of sp³-hybridized carbons (Fsp3) is 0.273. The zero-order chi connectivity index (χ0) is 10.3. The summed E-state index contributed by atoms with van der Waals surface area (Å²) in [6, 6.07) is 6.38. The van der Waals surface area contributed by atoms with Crippen molar-refractivity contribution >= 4 is 38.4 Å². The van der Waals surface area contributed by atoms with E-state index >= 15 is 0 Å². The van der Waals surface area contributed by atoms with Gasteiger partial charge in [-0.2, -0.15) is 0 Å². The second-order valence-corrected chi connectivity index (χ2v) is 5.92. The Bertz CT molecular complexity index is 530. The smallest absolute Gasteiger partial charge is 0.0981 e. The van der Waals surface area contributed by atoms with Crippen molar-refractivity contribution in [1.29, 1.82) is 0 Å². The molecule has 2 aromatic rings. The molecule has 1 atom stereocenters. The standard InChI is InChI=1S/C11H10N2S2/c1-7-5-12-11(15-7)8-2-3-9-10(4-8)14-6-13-9/h2-4,6-7H,5H2,1H3. The molecule has 0 saturated heterocycles.